The van der Waals surface area contributed by atoms with Crippen molar-refractivity contribution in [3.8, 4) is 0 Å². The largest absolute Gasteiger partial charge is 1.00 e. The standard InChI is InChI=1S/2C4H4O4.C4H8.Na/c2*5-3(6)1-2-4(7)8;1-4(2)3;/h2*1-2H,(H,5,6)(H,7,8);1H2,2-3H3;/q;;;+1/p-1/b2*2-1+;;. The summed E-state index contributed by atoms with van der Waals surface area (Å²) in [5, 5.41) is 32.9. The molecule has 0 amide bonds. The van der Waals surface area contributed by atoms with E-state index in [0.717, 1.165) is 0 Å². The number of carboxylic acid groups (broad SMARTS) is 4. The molecule has 0 rings (SSSR count). The molecule has 0 aromatic heterocycles. The quantitative estimate of drug-likeness (QED) is 0.277. The van der Waals surface area contributed by atoms with Gasteiger partial charge in [-0.05, 0) is 19.9 Å². The Bertz CT molecular complexity index is 353. The molecule has 0 unspecified atom stereocenters. The van der Waals surface area contributed by atoms with E-state index in [1.165, 1.54) is 5.57 Å². The SMILES string of the molecule is C=C(C)C.O=C(O)/C=C/C(=O)O.O=C([O-])/C=C/C(=O)O.[Na+]. The third-order valence-electron chi connectivity index (χ3n) is 0.730. The van der Waals surface area contributed by atoms with Crippen LogP contribution in [0.3, 0.4) is 0 Å². The molecule has 0 saturated heterocycles. The van der Waals surface area contributed by atoms with Crippen molar-refractivity contribution in [1.29, 1.82) is 0 Å². The second kappa shape index (κ2) is 18.1. The Morgan fingerprint density at radius 3 is 1.10 bits per heavy atom. The summed E-state index contributed by atoms with van der Waals surface area (Å²) >= 11 is 0. The first-order valence-electron chi connectivity index (χ1n) is 4.87. The molecular formula is C12H15NaO8. The van der Waals surface area contributed by atoms with E-state index in [4.69, 9.17) is 15.3 Å². The minimum absolute atomic E-state index is 0. The number of carbonyl (C=O) groups is 4. The van der Waals surface area contributed by atoms with Gasteiger partial charge in [0.1, 0.15) is 0 Å². The Balaban J connectivity index is -0.000000107. The molecule has 0 radical (unpaired) electrons. The van der Waals surface area contributed by atoms with Crippen molar-refractivity contribution in [3.63, 3.8) is 0 Å². The van der Waals surface area contributed by atoms with Crippen LogP contribution in [0.2, 0.25) is 0 Å². The predicted molar refractivity (Wildman–Crippen MR) is 66.7 cm³/mol. The van der Waals surface area contributed by atoms with Gasteiger partial charge in [0.25, 0.3) is 0 Å². The normalized spacial score (nSPS) is 8.48. The fraction of sp³-hybridized carbons (Fsp3) is 0.167. The van der Waals surface area contributed by atoms with Gasteiger partial charge in [-0.25, -0.2) is 14.4 Å². The smallest absolute Gasteiger partial charge is 0.545 e. The van der Waals surface area contributed by atoms with Gasteiger partial charge < -0.3 is 25.2 Å². The molecule has 0 bridgehead atoms. The predicted octanol–water partition coefficient (Wildman–Crippen LogP) is -3.32. The van der Waals surface area contributed by atoms with Crippen molar-refractivity contribution in [1.82, 2.24) is 0 Å². The molecule has 21 heavy (non-hydrogen) atoms. The number of allylic oxidation sites excluding steroid dienone is 1. The molecule has 112 valence electrons. The summed E-state index contributed by atoms with van der Waals surface area (Å²) in [6.45, 7) is 7.50. The molecule has 0 atom stereocenters. The van der Waals surface area contributed by atoms with Crippen LogP contribution in [0.25, 0.3) is 0 Å². The zero-order valence-corrected chi connectivity index (χ0v) is 13.9. The first-order valence-corrected chi connectivity index (χ1v) is 4.87. The number of carbonyl (C=O) groups excluding carboxylic acids is 1. The maximum Gasteiger partial charge on any atom is 1.00 e. The Morgan fingerprint density at radius 2 is 1.00 bits per heavy atom. The third kappa shape index (κ3) is 71.5. The van der Waals surface area contributed by atoms with E-state index < -0.39 is 23.9 Å². The third-order valence-corrected chi connectivity index (χ3v) is 0.730. The summed E-state index contributed by atoms with van der Waals surface area (Å²) in [7, 11) is 0. The molecule has 8 nitrogen and oxygen atoms in total. The molecule has 0 spiro atoms. The van der Waals surface area contributed by atoms with Gasteiger partial charge in [-0.2, -0.15) is 0 Å². The Hall–Kier alpha value is -1.90. The van der Waals surface area contributed by atoms with Crippen LogP contribution in [-0.2, 0) is 19.2 Å². The van der Waals surface area contributed by atoms with E-state index in [-0.39, 0.29) is 29.6 Å². The molecular weight excluding hydrogens is 295 g/mol. The summed E-state index contributed by atoms with van der Waals surface area (Å²) in [4.78, 5) is 38.1. The average Bonchev–Trinajstić information content (AvgIpc) is 2.23. The Labute approximate surface area is 143 Å². The molecule has 0 heterocycles. The molecule has 3 N–H and O–H groups in total. The number of hydrogen-bond donors (Lipinski definition) is 3. The number of carboxylic acids is 4. The van der Waals surface area contributed by atoms with Crippen LogP contribution < -0.4 is 34.7 Å². The van der Waals surface area contributed by atoms with Crippen molar-refractivity contribution in [3.05, 3.63) is 36.5 Å². The molecule has 9 heteroatoms. The van der Waals surface area contributed by atoms with Crippen LogP contribution in [0.1, 0.15) is 13.8 Å². The summed E-state index contributed by atoms with van der Waals surface area (Å²) in [5.74, 6) is -5.32. The van der Waals surface area contributed by atoms with Crippen LogP contribution in [0.5, 0.6) is 0 Å². The second-order valence-electron chi connectivity index (χ2n) is 3.21. The fourth-order valence-corrected chi connectivity index (χ4v) is 0.282. The van der Waals surface area contributed by atoms with E-state index in [2.05, 4.69) is 6.58 Å². The van der Waals surface area contributed by atoms with Crippen molar-refractivity contribution in [2.75, 3.05) is 0 Å². The first kappa shape index (κ1) is 27.4. The van der Waals surface area contributed by atoms with Gasteiger partial charge >= 0.3 is 47.5 Å². The van der Waals surface area contributed by atoms with E-state index in [9.17, 15) is 24.3 Å². The van der Waals surface area contributed by atoms with Gasteiger partial charge in [0.2, 0.25) is 0 Å². The van der Waals surface area contributed by atoms with Crippen LogP contribution in [0.4, 0.5) is 0 Å². The monoisotopic (exact) mass is 310 g/mol. The van der Waals surface area contributed by atoms with E-state index >= 15 is 0 Å². The maximum absolute atomic E-state index is 9.55. The molecule has 0 saturated carbocycles. The first-order chi connectivity index (χ1) is 8.98. The second-order valence-corrected chi connectivity index (χ2v) is 3.21. The summed E-state index contributed by atoms with van der Waals surface area (Å²) in [5.41, 5.74) is 1.17. The maximum atomic E-state index is 9.55. The van der Waals surface area contributed by atoms with Gasteiger partial charge in [0.05, 0.1) is 5.97 Å². The zero-order valence-electron chi connectivity index (χ0n) is 11.9. The molecule has 0 fully saturated rings. The van der Waals surface area contributed by atoms with Gasteiger partial charge in [-0.1, -0.05) is 5.57 Å². The molecule has 0 aliphatic heterocycles. The van der Waals surface area contributed by atoms with Crippen molar-refractivity contribution in [2.45, 2.75) is 13.8 Å². The number of hydrogen-bond acceptors (Lipinski definition) is 5. The van der Waals surface area contributed by atoms with Gasteiger partial charge in [-0.15, -0.1) is 6.58 Å². The average molecular weight is 310 g/mol. The van der Waals surface area contributed by atoms with Crippen molar-refractivity contribution >= 4 is 23.9 Å². The van der Waals surface area contributed by atoms with Crippen LogP contribution in [-0.4, -0.2) is 39.2 Å². The Kier molecular flexibility index (Phi) is 23.7. The van der Waals surface area contributed by atoms with Crippen LogP contribution in [0, 0.1) is 0 Å². The van der Waals surface area contributed by atoms with Gasteiger partial charge in [0, 0.05) is 18.2 Å². The molecule has 0 aliphatic carbocycles. The fourth-order valence-electron chi connectivity index (χ4n) is 0.282. The van der Waals surface area contributed by atoms with Crippen molar-refractivity contribution in [2.24, 2.45) is 0 Å². The van der Waals surface area contributed by atoms with Crippen LogP contribution in [0.15, 0.2) is 36.5 Å². The minimum atomic E-state index is -1.51. The number of aliphatic carboxylic acids is 4. The summed E-state index contributed by atoms with van der Waals surface area (Å²) < 4.78 is 0. The number of rotatable bonds is 4. The van der Waals surface area contributed by atoms with E-state index in [1.54, 1.807) is 0 Å². The van der Waals surface area contributed by atoms with Crippen LogP contribution >= 0.6 is 0 Å². The Morgan fingerprint density at radius 1 is 0.810 bits per heavy atom. The molecule has 0 aromatic rings. The molecule has 0 aliphatic rings. The van der Waals surface area contributed by atoms with Gasteiger partial charge in [-0.3, -0.25) is 0 Å². The van der Waals surface area contributed by atoms with E-state index in [1.807, 2.05) is 13.8 Å². The topological polar surface area (TPSA) is 152 Å². The summed E-state index contributed by atoms with van der Waals surface area (Å²) in [6.07, 6.45) is 2.06. The minimum Gasteiger partial charge on any atom is -0.545 e. The summed E-state index contributed by atoms with van der Waals surface area (Å²) in [6, 6.07) is 0. The van der Waals surface area contributed by atoms with Crippen molar-refractivity contribution < 1.29 is 69.2 Å². The van der Waals surface area contributed by atoms with Gasteiger partial charge in [0.15, 0.2) is 0 Å². The molecule has 0 aromatic carbocycles. The van der Waals surface area contributed by atoms with E-state index in [0.29, 0.717) is 24.3 Å². The zero-order chi connectivity index (χ0) is 16.7.